The Labute approximate surface area is 164 Å². The molecule has 128 valence electrons. The summed E-state index contributed by atoms with van der Waals surface area (Å²) >= 11 is 8.24. The van der Waals surface area contributed by atoms with Crippen molar-refractivity contribution in [2.45, 2.75) is 13.0 Å². The summed E-state index contributed by atoms with van der Waals surface area (Å²) in [6, 6.07) is 6.20. The normalized spacial score (nSPS) is 19.2. The van der Waals surface area contributed by atoms with Crippen LogP contribution in [0.15, 0.2) is 23.2 Å². The molecule has 4 nitrogen and oxygen atoms in total. The topological polar surface area (TPSA) is 44.9 Å². The molecule has 0 aromatic heterocycles. The molecule has 1 saturated heterocycles. The fraction of sp³-hybridized carbons (Fsp3) is 0.562. The standard InChI is InChI=1S/C16H23ClN4S.HI/c17-15-3-1-2-13-12-20(6-4-14(13)15)7-5-19-16(18)21-8-10-22-11-9-21;/h1-3H,4-12H2,(H2,18,19);1H. The van der Waals surface area contributed by atoms with Crippen LogP contribution in [-0.2, 0) is 13.0 Å². The van der Waals surface area contributed by atoms with Gasteiger partial charge in [0.1, 0.15) is 0 Å². The van der Waals surface area contributed by atoms with Gasteiger partial charge in [-0.3, -0.25) is 9.89 Å². The number of rotatable bonds is 3. The highest BCUT2D eigenvalue weighted by molar-refractivity contribution is 14.0. The molecule has 2 aliphatic rings. The summed E-state index contributed by atoms with van der Waals surface area (Å²) in [7, 11) is 0. The second-order valence-electron chi connectivity index (χ2n) is 5.74. The Hall–Kier alpha value is -0.180. The molecule has 0 spiro atoms. The Morgan fingerprint density at radius 1 is 1.26 bits per heavy atom. The number of nitrogens with two attached hydrogens (primary N) is 1. The molecule has 0 saturated carbocycles. The largest absolute Gasteiger partial charge is 0.370 e. The van der Waals surface area contributed by atoms with Gasteiger partial charge in [0.15, 0.2) is 5.96 Å². The molecule has 1 aromatic rings. The van der Waals surface area contributed by atoms with E-state index in [1.807, 2.05) is 23.9 Å². The molecule has 2 heterocycles. The molecule has 1 fully saturated rings. The highest BCUT2D eigenvalue weighted by Gasteiger charge is 2.18. The van der Waals surface area contributed by atoms with Crippen LogP contribution in [0, 0.1) is 0 Å². The first-order valence-corrected chi connectivity index (χ1v) is 9.38. The van der Waals surface area contributed by atoms with Gasteiger partial charge >= 0.3 is 0 Å². The maximum atomic E-state index is 6.26. The first-order valence-electron chi connectivity index (χ1n) is 7.85. The van der Waals surface area contributed by atoms with Crippen molar-refractivity contribution in [3.8, 4) is 0 Å². The summed E-state index contributed by atoms with van der Waals surface area (Å²) in [5.74, 6) is 3.01. The minimum atomic E-state index is 0. The van der Waals surface area contributed by atoms with Crippen LogP contribution in [-0.4, -0.2) is 60.0 Å². The summed E-state index contributed by atoms with van der Waals surface area (Å²) in [6.07, 6.45) is 1.03. The summed E-state index contributed by atoms with van der Waals surface area (Å²) in [5, 5.41) is 0.905. The second-order valence-corrected chi connectivity index (χ2v) is 7.37. The third-order valence-electron chi connectivity index (χ3n) is 4.31. The molecular formula is C16H24ClIN4S. The number of hydrogen-bond acceptors (Lipinski definition) is 3. The third-order valence-corrected chi connectivity index (χ3v) is 5.61. The third kappa shape index (κ3) is 5.14. The Morgan fingerprint density at radius 2 is 2.04 bits per heavy atom. The highest BCUT2D eigenvalue weighted by Crippen LogP contribution is 2.25. The number of benzene rings is 1. The molecule has 23 heavy (non-hydrogen) atoms. The lowest BCUT2D eigenvalue weighted by atomic mass is 10.00. The SMILES string of the molecule is I.NC(=NCCN1CCc2c(Cl)cccc2C1)N1CCSCC1. The quantitative estimate of drug-likeness (QED) is 0.423. The van der Waals surface area contributed by atoms with Gasteiger partial charge in [0.25, 0.3) is 0 Å². The van der Waals surface area contributed by atoms with Gasteiger partial charge < -0.3 is 10.6 Å². The van der Waals surface area contributed by atoms with Crippen LogP contribution in [0.5, 0.6) is 0 Å². The first kappa shape index (κ1) is 19.1. The van der Waals surface area contributed by atoms with E-state index in [1.165, 1.54) is 11.1 Å². The van der Waals surface area contributed by atoms with E-state index >= 15 is 0 Å². The first-order chi connectivity index (χ1) is 10.7. The predicted octanol–water partition coefficient (Wildman–Crippen LogP) is 2.68. The van der Waals surface area contributed by atoms with Crippen LogP contribution in [0.2, 0.25) is 5.02 Å². The number of hydrogen-bond donors (Lipinski definition) is 1. The molecule has 0 radical (unpaired) electrons. The summed E-state index contributed by atoms with van der Waals surface area (Å²) in [4.78, 5) is 9.19. The van der Waals surface area contributed by atoms with Crippen molar-refractivity contribution in [2.75, 3.05) is 44.2 Å². The fourth-order valence-electron chi connectivity index (χ4n) is 3.01. The molecule has 2 aliphatic heterocycles. The molecule has 0 bridgehead atoms. The van der Waals surface area contributed by atoms with Crippen LogP contribution < -0.4 is 5.73 Å². The molecule has 2 N–H and O–H groups in total. The van der Waals surface area contributed by atoms with Gasteiger partial charge in [0.05, 0.1) is 6.54 Å². The molecule has 0 unspecified atom stereocenters. The van der Waals surface area contributed by atoms with Crippen LogP contribution in [0.25, 0.3) is 0 Å². The average Bonchev–Trinajstić information content (AvgIpc) is 2.56. The maximum absolute atomic E-state index is 6.26. The minimum absolute atomic E-state index is 0. The molecule has 7 heteroatoms. The maximum Gasteiger partial charge on any atom is 0.191 e. The van der Waals surface area contributed by atoms with Crippen molar-refractivity contribution < 1.29 is 0 Å². The molecular weight excluding hydrogens is 443 g/mol. The fourth-order valence-corrected chi connectivity index (χ4v) is 4.20. The van der Waals surface area contributed by atoms with Crippen molar-refractivity contribution >= 4 is 53.3 Å². The lowest BCUT2D eigenvalue weighted by Gasteiger charge is -2.29. The monoisotopic (exact) mass is 466 g/mol. The van der Waals surface area contributed by atoms with E-state index in [4.69, 9.17) is 17.3 Å². The zero-order valence-corrected chi connectivity index (χ0v) is 17.1. The number of fused-ring (bicyclic) bond motifs is 1. The van der Waals surface area contributed by atoms with Gasteiger partial charge in [-0.1, -0.05) is 23.7 Å². The van der Waals surface area contributed by atoms with E-state index in [-0.39, 0.29) is 24.0 Å². The van der Waals surface area contributed by atoms with Crippen molar-refractivity contribution in [3.05, 3.63) is 34.3 Å². The van der Waals surface area contributed by atoms with Crippen molar-refractivity contribution in [1.82, 2.24) is 9.80 Å². The van der Waals surface area contributed by atoms with Gasteiger partial charge in [-0.15, -0.1) is 24.0 Å². The number of nitrogens with zero attached hydrogens (tertiary/aromatic N) is 3. The van der Waals surface area contributed by atoms with E-state index in [0.717, 1.165) is 62.2 Å². The molecule has 0 amide bonds. The smallest absolute Gasteiger partial charge is 0.191 e. The Balaban J connectivity index is 0.00000192. The van der Waals surface area contributed by atoms with Crippen molar-refractivity contribution in [1.29, 1.82) is 0 Å². The number of aliphatic imine (C=N–C) groups is 1. The van der Waals surface area contributed by atoms with Crippen LogP contribution in [0.3, 0.4) is 0 Å². The number of thioether (sulfide) groups is 1. The van der Waals surface area contributed by atoms with Crippen LogP contribution in [0.4, 0.5) is 0 Å². The molecule has 1 aromatic carbocycles. The van der Waals surface area contributed by atoms with Crippen LogP contribution in [0.1, 0.15) is 11.1 Å². The Bertz CT molecular complexity index is 549. The average molecular weight is 467 g/mol. The zero-order chi connectivity index (χ0) is 15.4. The second kappa shape index (κ2) is 9.34. The summed E-state index contributed by atoms with van der Waals surface area (Å²) in [5.41, 5.74) is 8.76. The van der Waals surface area contributed by atoms with Crippen LogP contribution >= 0.6 is 47.3 Å². The summed E-state index contributed by atoms with van der Waals surface area (Å²) < 4.78 is 0. The van der Waals surface area contributed by atoms with Gasteiger partial charge in [0, 0.05) is 49.3 Å². The zero-order valence-electron chi connectivity index (χ0n) is 13.2. The highest BCUT2D eigenvalue weighted by atomic mass is 127. The van der Waals surface area contributed by atoms with Crippen molar-refractivity contribution in [3.63, 3.8) is 0 Å². The summed E-state index contributed by atoms with van der Waals surface area (Å²) in [6.45, 7) is 5.78. The van der Waals surface area contributed by atoms with E-state index in [0.29, 0.717) is 5.96 Å². The number of guanidine groups is 1. The van der Waals surface area contributed by atoms with E-state index < -0.39 is 0 Å². The van der Waals surface area contributed by atoms with Gasteiger partial charge in [-0.05, 0) is 23.6 Å². The Morgan fingerprint density at radius 3 is 2.83 bits per heavy atom. The number of halogens is 2. The van der Waals surface area contributed by atoms with Gasteiger partial charge in [0.2, 0.25) is 0 Å². The molecule has 0 atom stereocenters. The van der Waals surface area contributed by atoms with E-state index in [9.17, 15) is 0 Å². The lowest BCUT2D eigenvalue weighted by molar-refractivity contribution is 0.261. The minimum Gasteiger partial charge on any atom is -0.370 e. The Kier molecular flexibility index (Phi) is 7.78. The molecule has 3 rings (SSSR count). The van der Waals surface area contributed by atoms with Crippen molar-refractivity contribution in [2.24, 2.45) is 10.7 Å². The predicted molar refractivity (Wildman–Crippen MR) is 111 cm³/mol. The van der Waals surface area contributed by atoms with Gasteiger partial charge in [-0.25, -0.2) is 0 Å². The van der Waals surface area contributed by atoms with E-state index in [1.54, 1.807) is 0 Å². The van der Waals surface area contributed by atoms with E-state index in [2.05, 4.69) is 20.9 Å². The molecule has 0 aliphatic carbocycles. The lowest BCUT2D eigenvalue weighted by Crippen LogP contribution is -2.43. The van der Waals surface area contributed by atoms with Gasteiger partial charge in [-0.2, -0.15) is 11.8 Å².